The normalized spacial score (nSPS) is 24.9. The van der Waals surface area contributed by atoms with Crippen molar-refractivity contribution in [1.29, 1.82) is 0 Å². The molecule has 14 heteroatoms. The third-order valence-electron chi connectivity index (χ3n) is 10.4. The van der Waals surface area contributed by atoms with Crippen LogP contribution in [0.3, 0.4) is 0 Å². The molecule has 4 aliphatic heterocycles. The summed E-state index contributed by atoms with van der Waals surface area (Å²) >= 11 is 0. The van der Waals surface area contributed by atoms with Crippen LogP contribution in [0.25, 0.3) is 11.0 Å². The van der Waals surface area contributed by atoms with Crippen molar-refractivity contribution in [3.05, 3.63) is 83.4 Å². The molecule has 0 unspecified atom stereocenters. The Morgan fingerprint density at radius 2 is 1.92 bits per heavy atom. The molecule has 5 aliphatic rings. The van der Waals surface area contributed by atoms with E-state index >= 15 is 4.39 Å². The first-order chi connectivity index (χ1) is 24.8. The SMILES string of the molecule is O=C1COc2ccc(CNC34CCC(CCc5c(F)cnc6ccc(OC[C@H]7OC[C@@H]7NC(=O)OCc7ccccc7)nc56)(CC3)OC4)nc2N1. The van der Waals surface area contributed by atoms with E-state index in [9.17, 15) is 9.59 Å². The number of pyridine rings is 3. The van der Waals surface area contributed by atoms with Gasteiger partial charge in [0.15, 0.2) is 18.2 Å². The number of aromatic nitrogens is 3. The zero-order valence-corrected chi connectivity index (χ0v) is 28.0. The summed E-state index contributed by atoms with van der Waals surface area (Å²) in [5.41, 5.74) is 2.73. The molecule has 2 amide bonds. The quantitative estimate of drug-likeness (QED) is 0.193. The molecule has 1 aliphatic carbocycles. The van der Waals surface area contributed by atoms with Gasteiger partial charge in [0.2, 0.25) is 5.88 Å². The number of fused-ring (bicyclic) bond motifs is 5. The van der Waals surface area contributed by atoms with E-state index in [1.54, 1.807) is 12.1 Å². The molecule has 0 radical (unpaired) electrons. The summed E-state index contributed by atoms with van der Waals surface area (Å²) in [6.45, 7) is 1.77. The van der Waals surface area contributed by atoms with Crippen LogP contribution in [0.4, 0.5) is 15.0 Å². The van der Waals surface area contributed by atoms with Gasteiger partial charge in [-0.1, -0.05) is 30.3 Å². The van der Waals surface area contributed by atoms with E-state index in [1.807, 2.05) is 42.5 Å². The van der Waals surface area contributed by atoms with Crippen LogP contribution in [-0.4, -0.2) is 76.7 Å². The number of rotatable bonds is 12. The lowest BCUT2D eigenvalue weighted by Crippen LogP contribution is -2.61. The van der Waals surface area contributed by atoms with Crippen LogP contribution in [0.15, 0.2) is 60.8 Å². The smallest absolute Gasteiger partial charge is 0.407 e. The summed E-state index contributed by atoms with van der Waals surface area (Å²) in [7, 11) is 0. The monoisotopic (exact) mass is 698 g/mol. The average Bonchev–Trinajstić information content (AvgIpc) is 3.15. The average molecular weight is 699 g/mol. The number of hydrogen-bond acceptors (Lipinski definition) is 11. The molecular formula is C37H39FN6O7. The van der Waals surface area contributed by atoms with Gasteiger partial charge >= 0.3 is 6.09 Å². The van der Waals surface area contributed by atoms with Crippen LogP contribution in [0, 0.1) is 5.82 Å². The van der Waals surface area contributed by atoms with Crippen molar-refractivity contribution in [2.24, 2.45) is 0 Å². The van der Waals surface area contributed by atoms with E-state index in [0.29, 0.717) is 66.6 Å². The molecule has 1 aromatic carbocycles. The molecule has 9 rings (SSSR count). The second-order valence-electron chi connectivity index (χ2n) is 13.7. The Hall–Kier alpha value is -4.92. The van der Waals surface area contributed by atoms with Gasteiger partial charge in [0.1, 0.15) is 25.1 Å². The fourth-order valence-corrected chi connectivity index (χ4v) is 7.15. The number of benzene rings is 1. The number of nitrogens with one attached hydrogen (secondary N) is 3. The molecule has 3 N–H and O–H groups in total. The molecule has 0 spiro atoms. The summed E-state index contributed by atoms with van der Waals surface area (Å²) in [6.07, 6.45) is 5.00. The predicted octanol–water partition coefficient (Wildman–Crippen LogP) is 4.37. The van der Waals surface area contributed by atoms with E-state index in [4.69, 9.17) is 23.7 Å². The van der Waals surface area contributed by atoms with Crippen LogP contribution in [0.5, 0.6) is 11.6 Å². The number of hydrogen-bond donors (Lipinski definition) is 3. The highest BCUT2D eigenvalue weighted by Gasteiger charge is 2.49. The highest BCUT2D eigenvalue weighted by atomic mass is 19.1. The first kappa shape index (κ1) is 33.2. The minimum absolute atomic E-state index is 0.00252. The van der Waals surface area contributed by atoms with Gasteiger partial charge in [-0.2, -0.15) is 0 Å². The van der Waals surface area contributed by atoms with Crippen LogP contribution in [0.2, 0.25) is 0 Å². The van der Waals surface area contributed by atoms with Gasteiger partial charge in [0.05, 0.1) is 47.8 Å². The summed E-state index contributed by atoms with van der Waals surface area (Å²) in [5, 5.41) is 9.26. The van der Waals surface area contributed by atoms with Crippen molar-refractivity contribution in [2.45, 2.75) is 75.0 Å². The Morgan fingerprint density at radius 1 is 1.06 bits per heavy atom. The molecule has 13 nitrogen and oxygen atoms in total. The standard InChI is InChI=1S/C37H39FN6O7/c38-26-17-39-27-7-9-32(49-20-30-28(19-47-30)42-35(46)50-18-23-4-2-1-3-5-23)44-33(27)25(26)10-11-37-14-12-36(13-15-37,22-51-37)40-16-24-6-8-29-34(41-24)43-31(45)21-48-29/h1-9,17,28,30,40H,10-16,18-22H2,(H,42,46)(H,41,43,45)/t28-,30+,36?,37?/m0/s1. The van der Waals surface area contributed by atoms with Crippen molar-refractivity contribution >= 4 is 28.9 Å². The number of aryl methyl sites for hydroxylation is 1. The number of amides is 2. The number of alkyl carbamates (subject to hydrolysis) is 1. The number of halogens is 1. The molecule has 266 valence electrons. The van der Waals surface area contributed by atoms with Crippen molar-refractivity contribution in [2.75, 3.05) is 31.7 Å². The fraction of sp³-hybridized carbons (Fsp3) is 0.432. The predicted molar refractivity (Wildman–Crippen MR) is 182 cm³/mol. The lowest BCUT2D eigenvalue weighted by molar-refractivity contribution is -0.165. The Kier molecular flexibility index (Phi) is 9.13. The van der Waals surface area contributed by atoms with Crippen LogP contribution in [-0.2, 0) is 38.6 Å². The highest BCUT2D eigenvalue weighted by Crippen LogP contribution is 2.46. The Morgan fingerprint density at radius 3 is 2.71 bits per heavy atom. The lowest BCUT2D eigenvalue weighted by atomic mass is 9.69. The summed E-state index contributed by atoms with van der Waals surface area (Å²) < 4.78 is 44.2. The number of carbonyl (C=O) groups excluding carboxylic acids is 2. The second-order valence-corrected chi connectivity index (χ2v) is 13.7. The minimum Gasteiger partial charge on any atom is -0.480 e. The summed E-state index contributed by atoms with van der Waals surface area (Å²) in [5.74, 6) is 0.713. The third kappa shape index (κ3) is 7.30. The van der Waals surface area contributed by atoms with Gasteiger partial charge in [0, 0.05) is 23.7 Å². The number of ether oxygens (including phenoxy) is 5. The van der Waals surface area contributed by atoms with Crippen LogP contribution in [0.1, 0.15) is 48.9 Å². The third-order valence-corrected chi connectivity index (χ3v) is 10.4. The lowest BCUT2D eigenvalue weighted by Gasteiger charge is -2.53. The highest BCUT2D eigenvalue weighted by molar-refractivity contribution is 5.94. The number of nitrogens with zero attached hydrogens (tertiary/aromatic N) is 3. The molecule has 4 fully saturated rings. The van der Waals surface area contributed by atoms with E-state index in [-0.39, 0.29) is 49.0 Å². The van der Waals surface area contributed by atoms with E-state index in [2.05, 4.69) is 30.9 Å². The first-order valence-corrected chi connectivity index (χ1v) is 17.3. The maximum Gasteiger partial charge on any atom is 0.407 e. The van der Waals surface area contributed by atoms with E-state index in [0.717, 1.165) is 36.9 Å². The second kappa shape index (κ2) is 14.0. The maximum absolute atomic E-state index is 15.3. The molecule has 4 aromatic rings. The van der Waals surface area contributed by atoms with Crippen molar-refractivity contribution < 1.29 is 37.7 Å². The van der Waals surface area contributed by atoms with Gasteiger partial charge in [-0.05, 0) is 62.3 Å². The number of anilines is 1. The number of carbonyl (C=O) groups is 2. The zero-order chi connectivity index (χ0) is 34.8. The van der Waals surface area contributed by atoms with Gasteiger partial charge in [0.25, 0.3) is 5.91 Å². The molecule has 3 aromatic heterocycles. The largest absolute Gasteiger partial charge is 0.480 e. The Bertz CT molecular complexity index is 1910. The first-order valence-electron chi connectivity index (χ1n) is 17.3. The molecule has 51 heavy (non-hydrogen) atoms. The molecule has 2 atom stereocenters. The van der Waals surface area contributed by atoms with E-state index in [1.165, 1.54) is 6.20 Å². The summed E-state index contributed by atoms with van der Waals surface area (Å²) in [4.78, 5) is 37.5. The van der Waals surface area contributed by atoms with Crippen molar-refractivity contribution in [1.82, 2.24) is 25.6 Å². The molecular weight excluding hydrogens is 659 g/mol. The Labute approximate surface area is 293 Å². The topological polar surface area (TPSA) is 155 Å². The van der Waals surface area contributed by atoms with Crippen molar-refractivity contribution in [3.63, 3.8) is 0 Å². The molecule has 7 heterocycles. The molecule has 3 saturated heterocycles. The van der Waals surface area contributed by atoms with Gasteiger partial charge in [-0.25, -0.2) is 19.2 Å². The van der Waals surface area contributed by atoms with Gasteiger partial charge in [-0.15, -0.1) is 0 Å². The Balaban J connectivity index is 0.844. The summed E-state index contributed by atoms with van der Waals surface area (Å²) in [6, 6.07) is 16.4. The fourth-order valence-electron chi connectivity index (χ4n) is 7.15. The van der Waals surface area contributed by atoms with Crippen LogP contribution < -0.4 is 25.4 Å². The molecule has 2 bridgehead atoms. The molecule has 1 saturated carbocycles. The van der Waals surface area contributed by atoms with E-state index < -0.39 is 11.9 Å². The van der Waals surface area contributed by atoms with Gasteiger partial charge in [-0.3, -0.25) is 9.78 Å². The zero-order valence-electron chi connectivity index (χ0n) is 28.0. The van der Waals surface area contributed by atoms with Crippen molar-refractivity contribution in [3.8, 4) is 11.6 Å². The van der Waals surface area contributed by atoms with Crippen LogP contribution >= 0.6 is 0 Å². The van der Waals surface area contributed by atoms with Gasteiger partial charge < -0.3 is 39.6 Å². The maximum atomic E-state index is 15.3. The minimum atomic E-state index is -0.524.